The Hall–Kier alpha value is -8.06. The Balaban J connectivity index is 1.19. The van der Waals surface area contributed by atoms with Gasteiger partial charge in [0.1, 0.15) is 0 Å². The molecule has 11 aromatic rings. The normalized spacial score (nSPS) is 12.7. The van der Waals surface area contributed by atoms with E-state index in [2.05, 4.69) is 243 Å². The zero-order chi connectivity index (χ0) is 42.4. The highest BCUT2D eigenvalue weighted by Crippen LogP contribution is 2.48. The standard InChI is InChI=1S/C64H44/c1-3-19-43(20-4-1)35-37-56-52-27-11-15-31-58(52)63(59-32-16-12-28-53(56)59)48-40-47(62-50-25-9-7-23-45(50)39-46-24-8-10-26-51(46)62)41-49(42-48)64-60-33-17-13-29-54(60)57(55-30-14-18-34-61(55)64)38-36-44-21-5-2-6-22-44/h1-13,15-29,31-42H,14,30H2/b37-35+,38-36+. The molecule has 0 amide bonds. The molecule has 64 heavy (non-hydrogen) atoms. The fourth-order valence-electron chi connectivity index (χ4n) is 10.4. The number of benzene rings is 11. The molecule has 0 nitrogen and oxygen atoms in total. The van der Waals surface area contributed by atoms with Crippen LogP contribution in [0.5, 0.6) is 0 Å². The molecule has 1 aliphatic carbocycles. The molecule has 0 fully saturated rings. The van der Waals surface area contributed by atoms with Gasteiger partial charge in [0.05, 0.1) is 0 Å². The van der Waals surface area contributed by atoms with Gasteiger partial charge >= 0.3 is 0 Å². The van der Waals surface area contributed by atoms with Crippen molar-refractivity contribution in [3.8, 4) is 33.4 Å². The lowest BCUT2D eigenvalue weighted by Crippen LogP contribution is -2.02. The van der Waals surface area contributed by atoms with Crippen molar-refractivity contribution < 1.29 is 0 Å². The van der Waals surface area contributed by atoms with Crippen LogP contribution in [0.4, 0.5) is 0 Å². The van der Waals surface area contributed by atoms with E-state index in [0.717, 1.165) is 12.8 Å². The van der Waals surface area contributed by atoms with Crippen LogP contribution in [0.25, 0.3) is 118 Å². The van der Waals surface area contributed by atoms with E-state index in [1.807, 2.05) is 0 Å². The number of hydrogen-bond acceptors (Lipinski definition) is 0. The quantitative estimate of drug-likeness (QED) is 0.111. The Morgan fingerprint density at radius 1 is 0.312 bits per heavy atom. The average molecular weight is 813 g/mol. The van der Waals surface area contributed by atoms with Gasteiger partial charge in [0.15, 0.2) is 0 Å². The van der Waals surface area contributed by atoms with Gasteiger partial charge in [0.25, 0.3) is 0 Å². The van der Waals surface area contributed by atoms with E-state index in [1.165, 1.54) is 121 Å². The highest BCUT2D eigenvalue weighted by atomic mass is 14.3. The van der Waals surface area contributed by atoms with Crippen molar-refractivity contribution in [1.29, 1.82) is 0 Å². The van der Waals surface area contributed by atoms with Crippen LogP contribution in [0.3, 0.4) is 0 Å². The molecule has 0 spiro atoms. The monoisotopic (exact) mass is 812 g/mol. The predicted octanol–water partition coefficient (Wildman–Crippen LogP) is 17.8. The Morgan fingerprint density at radius 2 is 0.703 bits per heavy atom. The maximum absolute atomic E-state index is 2.49. The number of fused-ring (bicyclic) bond motifs is 6. The van der Waals surface area contributed by atoms with E-state index in [-0.39, 0.29) is 0 Å². The van der Waals surface area contributed by atoms with Gasteiger partial charge in [0, 0.05) is 0 Å². The molecular formula is C64H44. The number of hydrogen-bond donors (Lipinski definition) is 0. The topological polar surface area (TPSA) is 0 Å². The molecule has 300 valence electrons. The van der Waals surface area contributed by atoms with Crippen molar-refractivity contribution in [3.05, 3.63) is 246 Å². The van der Waals surface area contributed by atoms with Crippen LogP contribution < -0.4 is 0 Å². The van der Waals surface area contributed by atoms with Gasteiger partial charge < -0.3 is 0 Å². The van der Waals surface area contributed by atoms with Crippen molar-refractivity contribution in [2.45, 2.75) is 12.8 Å². The van der Waals surface area contributed by atoms with Crippen molar-refractivity contribution >= 4 is 84.2 Å². The molecule has 0 saturated heterocycles. The predicted molar refractivity (Wildman–Crippen MR) is 278 cm³/mol. The van der Waals surface area contributed by atoms with E-state index in [0.29, 0.717) is 0 Å². The third-order valence-corrected chi connectivity index (χ3v) is 13.3. The molecule has 0 saturated carbocycles. The van der Waals surface area contributed by atoms with E-state index >= 15 is 0 Å². The molecular weight excluding hydrogens is 769 g/mol. The van der Waals surface area contributed by atoms with Gasteiger partial charge in [-0.3, -0.25) is 0 Å². The van der Waals surface area contributed by atoms with Crippen LogP contribution >= 0.6 is 0 Å². The summed E-state index contributed by atoms with van der Waals surface area (Å²) in [5.74, 6) is 0. The van der Waals surface area contributed by atoms with Gasteiger partial charge in [-0.05, 0) is 158 Å². The summed E-state index contributed by atoms with van der Waals surface area (Å²) in [4.78, 5) is 0. The Morgan fingerprint density at radius 3 is 1.23 bits per heavy atom. The lowest BCUT2D eigenvalue weighted by molar-refractivity contribution is 0.986. The third kappa shape index (κ3) is 6.55. The summed E-state index contributed by atoms with van der Waals surface area (Å²) >= 11 is 0. The molecule has 0 atom stereocenters. The van der Waals surface area contributed by atoms with Crippen LogP contribution in [0.2, 0.25) is 0 Å². The maximum Gasteiger partial charge on any atom is -0.00259 e. The molecule has 0 radical (unpaired) electrons. The summed E-state index contributed by atoms with van der Waals surface area (Å²) in [6.45, 7) is 0. The number of rotatable bonds is 7. The van der Waals surface area contributed by atoms with Crippen molar-refractivity contribution in [2.24, 2.45) is 0 Å². The van der Waals surface area contributed by atoms with Gasteiger partial charge in [-0.15, -0.1) is 0 Å². The first-order valence-electron chi connectivity index (χ1n) is 22.5. The van der Waals surface area contributed by atoms with E-state index < -0.39 is 0 Å². The molecule has 1 aliphatic rings. The fraction of sp³-hybridized carbons (Fsp3) is 0.0312. The molecule has 0 aromatic heterocycles. The molecule has 11 aromatic carbocycles. The van der Waals surface area contributed by atoms with Crippen LogP contribution in [0.15, 0.2) is 212 Å². The van der Waals surface area contributed by atoms with Crippen LogP contribution in [0.1, 0.15) is 39.8 Å². The summed E-state index contributed by atoms with van der Waals surface area (Å²) in [5.41, 5.74) is 15.1. The molecule has 0 unspecified atom stereocenters. The van der Waals surface area contributed by atoms with Crippen LogP contribution in [0, 0.1) is 0 Å². The van der Waals surface area contributed by atoms with Crippen molar-refractivity contribution in [2.75, 3.05) is 0 Å². The first kappa shape index (κ1) is 37.7. The average Bonchev–Trinajstić information content (AvgIpc) is 3.36. The highest BCUT2D eigenvalue weighted by Gasteiger charge is 2.23. The van der Waals surface area contributed by atoms with Crippen molar-refractivity contribution in [3.63, 3.8) is 0 Å². The Kier molecular flexibility index (Phi) is 9.42. The minimum absolute atomic E-state index is 0.992. The lowest BCUT2D eigenvalue weighted by atomic mass is 9.80. The first-order chi connectivity index (χ1) is 31.8. The first-order valence-corrected chi connectivity index (χ1v) is 22.5. The molecule has 0 aliphatic heterocycles. The molecule has 12 rings (SSSR count). The zero-order valence-electron chi connectivity index (χ0n) is 35.5. The van der Waals surface area contributed by atoms with E-state index in [1.54, 1.807) is 0 Å². The van der Waals surface area contributed by atoms with Crippen LogP contribution in [-0.4, -0.2) is 0 Å². The summed E-state index contributed by atoms with van der Waals surface area (Å²) in [6, 6.07) is 76.0. The third-order valence-electron chi connectivity index (χ3n) is 13.3. The van der Waals surface area contributed by atoms with Gasteiger partial charge in [-0.2, -0.15) is 0 Å². The Labute approximate surface area is 374 Å². The minimum atomic E-state index is 0.992. The second kappa shape index (κ2) is 16.0. The fourth-order valence-corrected chi connectivity index (χ4v) is 10.4. The lowest BCUT2D eigenvalue weighted by Gasteiger charge is -2.24. The maximum atomic E-state index is 2.49. The molecule has 0 bridgehead atoms. The molecule has 0 heterocycles. The summed E-state index contributed by atoms with van der Waals surface area (Å²) < 4.78 is 0. The van der Waals surface area contributed by atoms with Gasteiger partial charge in [-0.1, -0.05) is 218 Å². The summed E-state index contributed by atoms with van der Waals surface area (Å²) in [7, 11) is 0. The molecule has 0 heteroatoms. The number of allylic oxidation sites excluding steroid dienone is 1. The summed E-state index contributed by atoms with van der Waals surface area (Å²) in [6.07, 6.45) is 16.0. The van der Waals surface area contributed by atoms with Gasteiger partial charge in [-0.25, -0.2) is 0 Å². The Bertz CT molecular complexity index is 3580. The zero-order valence-corrected chi connectivity index (χ0v) is 35.5. The second-order valence-corrected chi connectivity index (χ2v) is 17.0. The SMILES string of the molecule is C1=Cc2c(c(/C=C/c3ccccc3)c3ccccc3c2-c2cc(-c3c4ccccc4cc4ccccc34)cc(-c3c4ccccc4c(/C=C/c4ccccc4)c4ccccc34)c2)CC1. The van der Waals surface area contributed by atoms with Crippen LogP contribution in [-0.2, 0) is 6.42 Å². The molecule has 0 N–H and O–H groups in total. The van der Waals surface area contributed by atoms with E-state index in [4.69, 9.17) is 0 Å². The van der Waals surface area contributed by atoms with Gasteiger partial charge in [0.2, 0.25) is 0 Å². The summed E-state index contributed by atoms with van der Waals surface area (Å²) in [5, 5.41) is 12.5. The smallest absolute Gasteiger partial charge is 0.00259 e. The largest absolute Gasteiger partial charge is 0.0836 e. The highest BCUT2D eigenvalue weighted by molar-refractivity contribution is 6.20. The van der Waals surface area contributed by atoms with Crippen molar-refractivity contribution in [1.82, 2.24) is 0 Å². The van der Waals surface area contributed by atoms with E-state index in [9.17, 15) is 0 Å². The second-order valence-electron chi connectivity index (χ2n) is 17.0. The minimum Gasteiger partial charge on any atom is -0.0836 e.